The Morgan fingerprint density at radius 3 is 2.31 bits per heavy atom. The molecule has 16 heavy (non-hydrogen) atoms. The van der Waals surface area contributed by atoms with Crippen LogP contribution in [0.5, 0.6) is 0 Å². The molecule has 1 aliphatic carbocycles. The van der Waals surface area contributed by atoms with E-state index in [1.54, 1.807) is 0 Å². The zero-order valence-electron chi connectivity index (χ0n) is 9.36. The molecule has 0 aromatic heterocycles. The predicted molar refractivity (Wildman–Crippen MR) is 66.5 cm³/mol. The second kappa shape index (κ2) is 5.49. The summed E-state index contributed by atoms with van der Waals surface area (Å²) in [7, 11) is 0. The predicted octanol–water partition coefficient (Wildman–Crippen LogP) is 3.80. The normalized spacial score (nSPS) is 25.3. The Kier molecular flexibility index (Phi) is 4.00. The van der Waals surface area contributed by atoms with Crippen LogP contribution in [0.25, 0.3) is 0 Å². The van der Waals surface area contributed by atoms with Gasteiger partial charge in [0.1, 0.15) is 0 Å². The van der Waals surface area contributed by atoms with E-state index in [-0.39, 0.29) is 11.2 Å². The Balaban J connectivity index is 1.84. The molecule has 1 aliphatic rings. The summed E-state index contributed by atoms with van der Waals surface area (Å²) in [6, 6.07) is 10.6. The quantitative estimate of drug-likeness (QED) is 0.730. The van der Waals surface area contributed by atoms with Gasteiger partial charge in [-0.3, -0.25) is 4.79 Å². The number of carbonyl (C=O) groups excluding carboxylic acids is 1. The van der Waals surface area contributed by atoms with Gasteiger partial charge in [-0.05, 0) is 55.2 Å². The Hall–Kier alpha value is -0.820. The van der Waals surface area contributed by atoms with Crippen LogP contribution in [0.4, 0.5) is 0 Å². The highest BCUT2D eigenvalue weighted by Gasteiger charge is 2.24. The highest BCUT2D eigenvalue weighted by molar-refractivity contribution is 6.63. The number of carbonyl (C=O) groups is 1. The Morgan fingerprint density at radius 2 is 1.75 bits per heavy atom. The van der Waals surface area contributed by atoms with Crippen LogP contribution in [-0.4, -0.2) is 5.24 Å². The van der Waals surface area contributed by atoms with Crippen molar-refractivity contribution in [1.29, 1.82) is 0 Å². The van der Waals surface area contributed by atoms with Gasteiger partial charge in [0.05, 0.1) is 0 Å². The van der Waals surface area contributed by atoms with Gasteiger partial charge in [0.25, 0.3) is 0 Å². The maximum Gasteiger partial charge on any atom is 0.224 e. The molecule has 0 unspecified atom stereocenters. The average Bonchev–Trinajstić information content (AvgIpc) is 2.31. The van der Waals surface area contributed by atoms with Crippen LogP contribution in [0.3, 0.4) is 0 Å². The van der Waals surface area contributed by atoms with Crippen LogP contribution in [-0.2, 0) is 11.2 Å². The van der Waals surface area contributed by atoms with Crippen molar-refractivity contribution in [2.75, 3.05) is 0 Å². The molecule has 1 saturated carbocycles. The van der Waals surface area contributed by atoms with Crippen molar-refractivity contribution >= 4 is 16.8 Å². The molecule has 0 saturated heterocycles. The van der Waals surface area contributed by atoms with E-state index in [2.05, 4.69) is 24.3 Å². The lowest BCUT2D eigenvalue weighted by Crippen LogP contribution is -2.20. The number of benzene rings is 1. The monoisotopic (exact) mass is 236 g/mol. The third-order valence-corrected chi connectivity index (χ3v) is 3.84. The summed E-state index contributed by atoms with van der Waals surface area (Å²) in [6.45, 7) is 0. The molecule has 1 fully saturated rings. The Labute approximate surface area is 102 Å². The van der Waals surface area contributed by atoms with Crippen LogP contribution < -0.4 is 0 Å². The van der Waals surface area contributed by atoms with Crippen LogP contribution in [0, 0.1) is 11.8 Å². The van der Waals surface area contributed by atoms with Crippen molar-refractivity contribution in [3.05, 3.63) is 35.9 Å². The topological polar surface area (TPSA) is 17.1 Å². The summed E-state index contributed by atoms with van der Waals surface area (Å²) in [6.07, 6.45) is 5.36. The van der Waals surface area contributed by atoms with E-state index in [9.17, 15) is 4.79 Å². The van der Waals surface area contributed by atoms with Gasteiger partial charge in [-0.1, -0.05) is 30.3 Å². The van der Waals surface area contributed by atoms with Crippen LogP contribution in [0.1, 0.15) is 31.2 Å². The molecular weight excluding hydrogens is 220 g/mol. The Morgan fingerprint density at radius 1 is 1.12 bits per heavy atom. The van der Waals surface area contributed by atoms with E-state index in [4.69, 9.17) is 11.6 Å². The van der Waals surface area contributed by atoms with Crippen molar-refractivity contribution in [2.45, 2.75) is 32.1 Å². The minimum Gasteiger partial charge on any atom is -0.281 e. The van der Waals surface area contributed by atoms with Gasteiger partial charge in [0.15, 0.2) is 0 Å². The smallest absolute Gasteiger partial charge is 0.224 e. The van der Waals surface area contributed by atoms with Crippen molar-refractivity contribution in [1.82, 2.24) is 0 Å². The van der Waals surface area contributed by atoms with Gasteiger partial charge in [0, 0.05) is 5.92 Å². The van der Waals surface area contributed by atoms with Crippen molar-refractivity contribution in [2.24, 2.45) is 11.8 Å². The summed E-state index contributed by atoms with van der Waals surface area (Å²) < 4.78 is 0. The molecule has 0 amide bonds. The van der Waals surface area contributed by atoms with Crippen molar-refractivity contribution < 1.29 is 4.79 Å². The third-order valence-electron chi connectivity index (χ3n) is 3.53. The number of hydrogen-bond donors (Lipinski definition) is 0. The molecular formula is C14H17ClO. The second-order valence-corrected chi connectivity index (χ2v) is 5.08. The molecule has 0 N–H and O–H groups in total. The highest BCUT2D eigenvalue weighted by atomic mass is 35.5. The first-order valence-electron chi connectivity index (χ1n) is 5.99. The van der Waals surface area contributed by atoms with E-state index in [1.165, 1.54) is 5.56 Å². The summed E-state index contributed by atoms with van der Waals surface area (Å²) >= 11 is 5.53. The molecule has 1 aromatic carbocycles. The van der Waals surface area contributed by atoms with Crippen LogP contribution in [0.2, 0.25) is 0 Å². The van der Waals surface area contributed by atoms with Gasteiger partial charge in [-0.25, -0.2) is 0 Å². The lowest BCUT2D eigenvalue weighted by atomic mass is 9.80. The molecule has 1 aromatic rings. The maximum absolute atomic E-state index is 11.0. The first-order chi connectivity index (χ1) is 7.75. The molecule has 0 heterocycles. The largest absolute Gasteiger partial charge is 0.281 e. The third kappa shape index (κ3) is 3.08. The standard InChI is InChI=1S/C14H17ClO/c15-14(16)13-8-6-12(7-9-13)10-11-4-2-1-3-5-11/h1-5,12-13H,6-10H2. The highest BCUT2D eigenvalue weighted by Crippen LogP contribution is 2.32. The SMILES string of the molecule is O=C(Cl)C1CCC(Cc2ccccc2)CC1. The van der Waals surface area contributed by atoms with E-state index in [0.29, 0.717) is 0 Å². The van der Waals surface area contributed by atoms with Crippen molar-refractivity contribution in [3.63, 3.8) is 0 Å². The molecule has 0 atom stereocenters. The van der Waals surface area contributed by atoms with Crippen molar-refractivity contribution in [3.8, 4) is 0 Å². The van der Waals surface area contributed by atoms with Crippen LogP contribution >= 0.6 is 11.6 Å². The van der Waals surface area contributed by atoms with Gasteiger partial charge in [0.2, 0.25) is 5.24 Å². The fourth-order valence-corrected chi connectivity index (χ4v) is 2.76. The molecule has 0 radical (unpaired) electrons. The minimum atomic E-state index is -0.141. The number of halogens is 1. The zero-order chi connectivity index (χ0) is 11.4. The lowest BCUT2D eigenvalue weighted by molar-refractivity contribution is -0.116. The molecule has 0 aliphatic heterocycles. The first-order valence-corrected chi connectivity index (χ1v) is 6.37. The van der Waals surface area contributed by atoms with E-state index >= 15 is 0 Å². The summed E-state index contributed by atoms with van der Waals surface area (Å²) in [5.74, 6) is 0.850. The van der Waals surface area contributed by atoms with E-state index in [0.717, 1.165) is 38.0 Å². The van der Waals surface area contributed by atoms with Crippen LogP contribution in [0.15, 0.2) is 30.3 Å². The molecule has 2 rings (SSSR count). The van der Waals surface area contributed by atoms with Gasteiger partial charge >= 0.3 is 0 Å². The number of hydrogen-bond acceptors (Lipinski definition) is 1. The lowest BCUT2D eigenvalue weighted by Gasteiger charge is -2.26. The van der Waals surface area contributed by atoms with Gasteiger partial charge in [-0.2, -0.15) is 0 Å². The molecule has 1 nitrogen and oxygen atoms in total. The fraction of sp³-hybridized carbons (Fsp3) is 0.500. The van der Waals surface area contributed by atoms with E-state index < -0.39 is 0 Å². The van der Waals surface area contributed by atoms with Gasteiger partial charge in [-0.15, -0.1) is 0 Å². The Bertz CT molecular complexity index is 339. The second-order valence-electron chi connectivity index (χ2n) is 4.71. The average molecular weight is 237 g/mol. The fourth-order valence-electron chi connectivity index (χ4n) is 2.54. The minimum absolute atomic E-state index is 0.119. The number of rotatable bonds is 3. The molecule has 86 valence electrons. The molecule has 0 bridgehead atoms. The molecule has 2 heteroatoms. The summed E-state index contributed by atoms with van der Waals surface area (Å²) in [5, 5.41) is -0.141. The summed E-state index contributed by atoms with van der Waals surface area (Å²) in [5.41, 5.74) is 1.41. The summed E-state index contributed by atoms with van der Waals surface area (Å²) in [4.78, 5) is 11.0. The zero-order valence-corrected chi connectivity index (χ0v) is 10.1. The van der Waals surface area contributed by atoms with Gasteiger partial charge < -0.3 is 0 Å². The first kappa shape index (κ1) is 11.7. The molecule has 0 spiro atoms. The maximum atomic E-state index is 11.0. The van der Waals surface area contributed by atoms with E-state index in [1.807, 2.05) is 6.07 Å².